The zero-order valence-corrected chi connectivity index (χ0v) is 13.6. The molecule has 2 fully saturated rings. The number of hydrogen-bond acceptors (Lipinski definition) is 5. The molecule has 8 nitrogen and oxygen atoms in total. The summed E-state index contributed by atoms with van der Waals surface area (Å²) in [5.41, 5.74) is 0.909. The zero-order chi connectivity index (χ0) is 17.8. The molecule has 1 unspecified atom stereocenters. The first-order valence-electron chi connectivity index (χ1n) is 8.20. The van der Waals surface area contributed by atoms with Crippen LogP contribution in [0, 0.1) is 0 Å². The predicted octanol–water partition coefficient (Wildman–Crippen LogP) is 0.564. The fourth-order valence-electron chi connectivity index (χ4n) is 2.82. The molecule has 0 radical (unpaired) electrons. The number of carbonyl (C=O) groups excluding carboxylic acids is 4. The van der Waals surface area contributed by atoms with Gasteiger partial charge in [0.25, 0.3) is 5.91 Å². The molecule has 1 atom stereocenters. The molecule has 0 aliphatic carbocycles. The van der Waals surface area contributed by atoms with Gasteiger partial charge in [-0.15, -0.1) is 0 Å². The SMILES string of the molecule is O=C(OC1CCCCNC1=O)c1cccc(CN2C(=O)CNC2=O)c1. The molecule has 132 valence electrons. The molecule has 1 aromatic rings. The van der Waals surface area contributed by atoms with Gasteiger partial charge in [-0.2, -0.15) is 0 Å². The summed E-state index contributed by atoms with van der Waals surface area (Å²) in [6.07, 6.45) is 1.38. The summed E-state index contributed by atoms with van der Waals surface area (Å²) < 4.78 is 5.33. The lowest BCUT2D eigenvalue weighted by atomic mass is 10.1. The molecule has 2 heterocycles. The summed E-state index contributed by atoms with van der Waals surface area (Å²) in [5, 5.41) is 5.16. The summed E-state index contributed by atoms with van der Waals surface area (Å²) in [7, 11) is 0. The monoisotopic (exact) mass is 345 g/mol. The van der Waals surface area contributed by atoms with Gasteiger partial charge in [-0.3, -0.25) is 14.5 Å². The van der Waals surface area contributed by atoms with Gasteiger partial charge in [0.1, 0.15) is 0 Å². The van der Waals surface area contributed by atoms with Crippen LogP contribution in [0.25, 0.3) is 0 Å². The third-order valence-electron chi connectivity index (χ3n) is 4.17. The highest BCUT2D eigenvalue weighted by atomic mass is 16.5. The second-order valence-electron chi connectivity index (χ2n) is 6.02. The fraction of sp³-hybridized carbons (Fsp3) is 0.412. The first kappa shape index (κ1) is 16.9. The quantitative estimate of drug-likeness (QED) is 0.613. The van der Waals surface area contributed by atoms with Gasteiger partial charge in [-0.25, -0.2) is 9.59 Å². The number of amides is 4. The van der Waals surface area contributed by atoms with Crippen LogP contribution in [-0.2, 0) is 20.9 Å². The summed E-state index contributed by atoms with van der Waals surface area (Å²) in [6, 6.07) is 6.06. The smallest absolute Gasteiger partial charge is 0.338 e. The van der Waals surface area contributed by atoms with Crippen LogP contribution in [0.15, 0.2) is 24.3 Å². The van der Waals surface area contributed by atoms with E-state index in [1.807, 2.05) is 0 Å². The molecule has 25 heavy (non-hydrogen) atoms. The van der Waals surface area contributed by atoms with E-state index >= 15 is 0 Å². The number of nitrogens with one attached hydrogen (secondary N) is 2. The van der Waals surface area contributed by atoms with Crippen LogP contribution >= 0.6 is 0 Å². The maximum absolute atomic E-state index is 12.3. The Bertz CT molecular complexity index is 702. The average Bonchev–Trinajstić information content (AvgIpc) is 2.80. The summed E-state index contributed by atoms with van der Waals surface area (Å²) in [4.78, 5) is 48.5. The molecule has 0 aromatic heterocycles. The molecule has 2 N–H and O–H groups in total. The van der Waals surface area contributed by atoms with Crippen molar-refractivity contribution < 1.29 is 23.9 Å². The topological polar surface area (TPSA) is 105 Å². The van der Waals surface area contributed by atoms with E-state index in [1.165, 1.54) is 0 Å². The summed E-state index contributed by atoms with van der Waals surface area (Å²) in [6.45, 7) is 0.654. The minimum atomic E-state index is -0.787. The molecule has 2 aliphatic heterocycles. The number of imide groups is 1. The normalized spacial score (nSPS) is 20.7. The standard InChI is InChI=1S/C17H19N3O5/c21-14-9-19-17(24)20(14)10-11-4-3-5-12(8-11)16(23)25-13-6-1-2-7-18-15(13)22/h3-5,8,13H,1-2,6-7,9-10H2,(H,18,22)(H,19,24). The van der Waals surface area contributed by atoms with E-state index in [0.29, 0.717) is 18.5 Å². The van der Waals surface area contributed by atoms with Gasteiger partial charge < -0.3 is 15.4 Å². The van der Waals surface area contributed by atoms with Gasteiger partial charge in [0.15, 0.2) is 6.10 Å². The number of benzene rings is 1. The predicted molar refractivity (Wildman–Crippen MR) is 86.5 cm³/mol. The van der Waals surface area contributed by atoms with Crippen LogP contribution in [-0.4, -0.2) is 47.9 Å². The minimum absolute atomic E-state index is 0.0165. The average molecular weight is 345 g/mol. The molecule has 8 heteroatoms. The van der Waals surface area contributed by atoms with Gasteiger partial charge in [0.05, 0.1) is 18.7 Å². The van der Waals surface area contributed by atoms with E-state index in [9.17, 15) is 19.2 Å². The zero-order valence-electron chi connectivity index (χ0n) is 13.6. The van der Waals surface area contributed by atoms with Crippen LogP contribution < -0.4 is 10.6 Å². The molecule has 2 aliphatic rings. The van der Waals surface area contributed by atoms with Crippen molar-refractivity contribution in [2.24, 2.45) is 0 Å². The van der Waals surface area contributed by atoms with E-state index in [0.717, 1.165) is 17.7 Å². The molecule has 1 aromatic carbocycles. The highest BCUT2D eigenvalue weighted by Crippen LogP contribution is 2.15. The van der Waals surface area contributed by atoms with Crippen molar-refractivity contribution in [2.75, 3.05) is 13.1 Å². The van der Waals surface area contributed by atoms with E-state index in [4.69, 9.17) is 4.74 Å². The number of carbonyl (C=O) groups is 4. The first-order valence-corrected chi connectivity index (χ1v) is 8.20. The van der Waals surface area contributed by atoms with Crippen LogP contribution in [0.1, 0.15) is 35.2 Å². The van der Waals surface area contributed by atoms with Crippen molar-refractivity contribution in [1.82, 2.24) is 15.5 Å². The molecule has 3 rings (SSSR count). The first-order chi connectivity index (χ1) is 12.0. The second kappa shape index (κ2) is 7.33. The number of ether oxygens (including phenoxy) is 1. The van der Waals surface area contributed by atoms with Crippen molar-refractivity contribution in [1.29, 1.82) is 0 Å². The lowest BCUT2D eigenvalue weighted by molar-refractivity contribution is -0.129. The number of nitrogens with zero attached hydrogens (tertiary/aromatic N) is 1. The summed E-state index contributed by atoms with van der Waals surface area (Å²) >= 11 is 0. The number of esters is 1. The van der Waals surface area contributed by atoms with E-state index in [1.54, 1.807) is 24.3 Å². The molecule has 2 saturated heterocycles. The van der Waals surface area contributed by atoms with Gasteiger partial charge in [0.2, 0.25) is 5.91 Å². The maximum atomic E-state index is 12.3. The van der Waals surface area contributed by atoms with E-state index in [-0.39, 0.29) is 30.5 Å². The van der Waals surface area contributed by atoms with Crippen molar-refractivity contribution in [3.05, 3.63) is 35.4 Å². The van der Waals surface area contributed by atoms with Crippen LogP contribution in [0.4, 0.5) is 4.79 Å². The molecule has 0 saturated carbocycles. The van der Waals surface area contributed by atoms with Gasteiger partial charge in [-0.05, 0) is 37.0 Å². The third kappa shape index (κ3) is 3.96. The molecule has 0 spiro atoms. The Balaban J connectivity index is 1.68. The molecular weight excluding hydrogens is 326 g/mol. The second-order valence-corrected chi connectivity index (χ2v) is 6.02. The Kier molecular flexibility index (Phi) is 4.97. The molecule has 0 bridgehead atoms. The Hall–Kier alpha value is -2.90. The summed E-state index contributed by atoms with van der Waals surface area (Å²) in [5.74, 6) is -1.18. The van der Waals surface area contributed by atoms with Crippen LogP contribution in [0.2, 0.25) is 0 Å². The van der Waals surface area contributed by atoms with Gasteiger partial charge in [0, 0.05) is 6.54 Å². The van der Waals surface area contributed by atoms with Gasteiger partial charge in [-0.1, -0.05) is 12.1 Å². The van der Waals surface area contributed by atoms with Crippen molar-refractivity contribution in [2.45, 2.75) is 31.9 Å². The van der Waals surface area contributed by atoms with Crippen LogP contribution in [0.5, 0.6) is 0 Å². The Morgan fingerprint density at radius 1 is 1.20 bits per heavy atom. The molecule has 4 amide bonds. The Morgan fingerprint density at radius 3 is 2.80 bits per heavy atom. The van der Waals surface area contributed by atoms with Crippen molar-refractivity contribution >= 4 is 23.8 Å². The van der Waals surface area contributed by atoms with Crippen molar-refractivity contribution in [3.8, 4) is 0 Å². The minimum Gasteiger partial charge on any atom is -0.449 e. The Morgan fingerprint density at radius 2 is 2.04 bits per heavy atom. The van der Waals surface area contributed by atoms with E-state index in [2.05, 4.69) is 10.6 Å². The lowest BCUT2D eigenvalue weighted by Crippen LogP contribution is -2.36. The maximum Gasteiger partial charge on any atom is 0.338 e. The van der Waals surface area contributed by atoms with Crippen molar-refractivity contribution in [3.63, 3.8) is 0 Å². The lowest BCUT2D eigenvalue weighted by Gasteiger charge is -2.15. The fourth-order valence-corrected chi connectivity index (χ4v) is 2.82. The van der Waals surface area contributed by atoms with E-state index < -0.39 is 18.1 Å². The highest BCUT2D eigenvalue weighted by molar-refractivity contribution is 6.01. The number of rotatable bonds is 4. The van der Waals surface area contributed by atoms with Gasteiger partial charge >= 0.3 is 12.0 Å². The number of urea groups is 1. The highest BCUT2D eigenvalue weighted by Gasteiger charge is 2.29. The third-order valence-corrected chi connectivity index (χ3v) is 4.17. The Labute approximate surface area is 144 Å². The largest absolute Gasteiger partial charge is 0.449 e. The number of hydrogen-bond donors (Lipinski definition) is 2. The van der Waals surface area contributed by atoms with Crippen LogP contribution in [0.3, 0.4) is 0 Å². The molecular formula is C17H19N3O5.